The van der Waals surface area contributed by atoms with Crippen molar-refractivity contribution in [2.45, 2.75) is 25.9 Å². The Morgan fingerprint density at radius 2 is 2.08 bits per heavy atom. The molecule has 1 aromatic carbocycles. The topological polar surface area (TPSA) is 63.7 Å². The normalized spacial score (nSPS) is 15.3. The van der Waals surface area contributed by atoms with Gasteiger partial charge in [-0.3, -0.25) is 0 Å². The number of piperidine rings is 1. The van der Waals surface area contributed by atoms with Crippen molar-refractivity contribution < 1.29 is 9.23 Å². The van der Waals surface area contributed by atoms with E-state index in [1.165, 1.54) is 12.5 Å². The second kappa shape index (κ2) is 8.29. The average molecular weight is 407 g/mol. The molecule has 0 spiro atoms. The van der Waals surface area contributed by atoms with Gasteiger partial charge in [-0.2, -0.15) is 0 Å². The van der Waals surface area contributed by atoms with Crippen LogP contribution < -0.4 is 10.6 Å². The van der Waals surface area contributed by atoms with Crippen molar-refractivity contribution in [3.63, 3.8) is 0 Å². The van der Waals surface area contributed by atoms with Gasteiger partial charge < -0.3 is 15.5 Å². The summed E-state index contributed by atoms with van der Waals surface area (Å²) in [5.41, 5.74) is 7.24. The van der Waals surface area contributed by atoms with Crippen molar-refractivity contribution in [3.8, 4) is 0 Å². The Morgan fingerprint density at radius 3 is 2.84 bits per heavy atom. The van der Waals surface area contributed by atoms with E-state index < -0.39 is 0 Å². The smallest absolute Gasteiger partial charge is 0.174 e. The maximum absolute atomic E-state index is 13.8. The summed E-state index contributed by atoms with van der Waals surface area (Å²) in [6.45, 7) is 1.93. The molecule has 1 aliphatic heterocycles. The molecule has 0 amide bonds. The minimum atomic E-state index is -0.349. The summed E-state index contributed by atoms with van der Waals surface area (Å²) in [6, 6.07) is 8.49. The van der Waals surface area contributed by atoms with Gasteiger partial charge in [-0.25, -0.2) is 9.37 Å². The van der Waals surface area contributed by atoms with Crippen LogP contribution >= 0.6 is 15.9 Å². The number of aromatic nitrogens is 1. The molecule has 1 fully saturated rings. The lowest BCUT2D eigenvalue weighted by atomic mass is 10.1. The van der Waals surface area contributed by atoms with E-state index in [0.29, 0.717) is 10.0 Å². The summed E-state index contributed by atoms with van der Waals surface area (Å²) in [5, 5.41) is 3.96. The summed E-state index contributed by atoms with van der Waals surface area (Å²) in [7, 11) is 0. The largest absolute Gasteiger partial charge is 0.389 e. The fraction of sp³-hybridized carbons (Fsp3) is 0.333. The predicted octanol–water partition coefficient (Wildman–Crippen LogP) is 3.81. The molecule has 1 saturated heterocycles. The van der Waals surface area contributed by atoms with E-state index in [-0.39, 0.29) is 18.3 Å². The first-order chi connectivity index (χ1) is 12.1. The van der Waals surface area contributed by atoms with Crippen LogP contribution in [0.5, 0.6) is 0 Å². The number of hydrogen-bond acceptors (Lipinski definition) is 4. The molecule has 132 valence electrons. The van der Waals surface area contributed by atoms with Crippen LogP contribution in [0.1, 0.15) is 30.4 Å². The van der Waals surface area contributed by atoms with Crippen molar-refractivity contribution in [3.05, 3.63) is 57.9 Å². The maximum Gasteiger partial charge on any atom is 0.174 e. The number of benzene rings is 1. The molecule has 2 aromatic rings. The van der Waals surface area contributed by atoms with Crippen molar-refractivity contribution in [2.75, 3.05) is 18.0 Å². The predicted molar refractivity (Wildman–Crippen MR) is 99.9 cm³/mol. The molecule has 0 bridgehead atoms. The minimum Gasteiger partial charge on any atom is -0.389 e. The maximum atomic E-state index is 13.8. The van der Waals surface area contributed by atoms with Gasteiger partial charge in [-0.05, 0) is 43.5 Å². The van der Waals surface area contributed by atoms with Crippen LogP contribution in [0.3, 0.4) is 0 Å². The molecule has 1 aromatic heterocycles. The molecule has 5 nitrogen and oxygen atoms in total. The number of oxime groups is 1. The van der Waals surface area contributed by atoms with E-state index in [1.807, 2.05) is 12.1 Å². The summed E-state index contributed by atoms with van der Waals surface area (Å²) >= 11 is 3.22. The van der Waals surface area contributed by atoms with Gasteiger partial charge in [0.05, 0.1) is 5.56 Å². The number of nitrogens with zero attached hydrogens (tertiary/aromatic N) is 3. The van der Waals surface area contributed by atoms with Crippen molar-refractivity contribution in [1.29, 1.82) is 0 Å². The van der Waals surface area contributed by atoms with Gasteiger partial charge in [0.25, 0.3) is 0 Å². The molecule has 25 heavy (non-hydrogen) atoms. The molecule has 2 N–H and O–H groups in total. The molecule has 0 unspecified atom stereocenters. The van der Waals surface area contributed by atoms with Crippen LogP contribution in [-0.4, -0.2) is 23.9 Å². The summed E-state index contributed by atoms with van der Waals surface area (Å²) in [6.07, 6.45) is 5.28. The minimum absolute atomic E-state index is 0.0130. The first-order valence-electron chi connectivity index (χ1n) is 8.25. The Labute approximate surface area is 154 Å². The molecule has 0 saturated carbocycles. The molecule has 0 atom stereocenters. The highest BCUT2D eigenvalue weighted by Gasteiger charge is 2.17. The number of nitrogens with two attached hydrogens (primary N) is 1. The number of amidine groups is 1. The summed E-state index contributed by atoms with van der Waals surface area (Å²) in [4.78, 5) is 11.9. The van der Waals surface area contributed by atoms with Crippen LogP contribution in [0.15, 0.2) is 46.2 Å². The lowest BCUT2D eigenvalue weighted by Crippen LogP contribution is -2.32. The molecule has 2 heterocycles. The van der Waals surface area contributed by atoms with E-state index in [4.69, 9.17) is 10.6 Å². The second-order valence-corrected chi connectivity index (χ2v) is 6.82. The van der Waals surface area contributed by atoms with E-state index in [0.717, 1.165) is 37.3 Å². The van der Waals surface area contributed by atoms with Gasteiger partial charge in [-0.15, -0.1) is 0 Å². The third-order valence-corrected chi connectivity index (χ3v) is 4.61. The Morgan fingerprint density at radius 1 is 1.28 bits per heavy atom. The van der Waals surface area contributed by atoms with Crippen LogP contribution in [0, 0.1) is 5.82 Å². The summed E-state index contributed by atoms with van der Waals surface area (Å²) in [5.74, 6) is 0.714. The molecule has 3 rings (SSSR count). The zero-order chi connectivity index (χ0) is 17.6. The standard InChI is InChI=1S/C18H20BrFN4O/c19-14-7-6-13(16(20)11-14)12-25-23-17(21)15-5-4-8-22-18(15)24-9-2-1-3-10-24/h4-8,11H,1-3,9-10,12H2,(H2,21,23). The number of anilines is 1. The van der Waals surface area contributed by atoms with Crippen LogP contribution in [0.25, 0.3) is 0 Å². The number of hydrogen-bond donors (Lipinski definition) is 1. The number of rotatable bonds is 5. The lowest BCUT2D eigenvalue weighted by molar-refractivity contribution is 0.127. The van der Waals surface area contributed by atoms with Crippen LogP contribution in [-0.2, 0) is 11.4 Å². The van der Waals surface area contributed by atoms with Gasteiger partial charge in [0.1, 0.15) is 18.2 Å². The molecular weight excluding hydrogens is 387 g/mol. The second-order valence-electron chi connectivity index (χ2n) is 5.91. The first-order valence-corrected chi connectivity index (χ1v) is 9.04. The van der Waals surface area contributed by atoms with E-state index in [9.17, 15) is 4.39 Å². The highest BCUT2D eigenvalue weighted by atomic mass is 79.9. The quantitative estimate of drug-likeness (QED) is 0.465. The molecule has 7 heteroatoms. The molecule has 1 aliphatic rings. The lowest BCUT2D eigenvalue weighted by Gasteiger charge is -2.29. The van der Waals surface area contributed by atoms with Crippen LogP contribution in [0.4, 0.5) is 10.2 Å². The van der Waals surface area contributed by atoms with Crippen LogP contribution in [0.2, 0.25) is 0 Å². The molecular formula is C18H20BrFN4O. The SMILES string of the molecule is N/C(=N/OCc1ccc(Br)cc1F)c1cccnc1N1CCCCC1. The zero-order valence-electron chi connectivity index (χ0n) is 13.8. The monoisotopic (exact) mass is 406 g/mol. The van der Waals surface area contributed by atoms with Gasteiger partial charge in [0.2, 0.25) is 0 Å². The van der Waals surface area contributed by atoms with E-state index in [2.05, 4.69) is 31.0 Å². The van der Waals surface area contributed by atoms with Gasteiger partial charge in [0.15, 0.2) is 5.84 Å². The Kier molecular flexibility index (Phi) is 5.86. The summed E-state index contributed by atoms with van der Waals surface area (Å²) < 4.78 is 14.5. The van der Waals surface area contributed by atoms with E-state index in [1.54, 1.807) is 18.3 Å². The fourth-order valence-electron chi connectivity index (χ4n) is 2.81. The Hall–Kier alpha value is -2.15. The molecule has 0 aliphatic carbocycles. The fourth-order valence-corrected chi connectivity index (χ4v) is 3.15. The van der Waals surface area contributed by atoms with Crippen molar-refractivity contribution in [1.82, 2.24) is 4.98 Å². The third kappa shape index (κ3) is 4.48. The average Bonchev–Trinajstić information content (AvgIpc) is 2.64. The van der Waals surface area contributed by atoms with Gasteiger partial charge in [-0.1, -0.05) is 27.2 Å². The Balaban J connectivity index is 1.71. The van der Waals surface area contributed by atoms with Crippen molar-refractivity contribution >= 4 is 27.6 Å². The highest BCUT2D eigenvalue weighted by Crippen LogP contribution is 2.21. The van der Waals surface area contributed by atoms with Gasteiger partial charge in [0, 0.05) is 29.3 Å². The highest BCUT2D eigenvalue weighted by molar-refractivity contribution is 9.10. The van der Waals surface area contributed by atoms with Crippen molar-refractivity contribution in [2.24, 2.45) is 10.9 Å². The molecule has 0 radical (unpaired) electrons. The zero-order valence-corrected chi connectivity index (χ0v) is 15.4. The number of halogens is 2. The van der Waals surface area contributed by atoms with Gasteiger partial charge >= 0.3 is 0 Å². The Bertz CT molecular complexity index is 762. The first kappa shape index (κ1) is 17.7. The number of pyridine rings is 1. The van der Waals surface area contributed by atoms with E-state index >= 15 is 0 Å². The third-order valence-electron chi connectivity index (χ3n) is 4.12.